The largest absolute Gasteiger partial charge is 0.466 e. The summed E-state index contributed by atoms with van der Waals surface area (Å²) in [4.78, 5) is 10.8. The quantitative estimate of drug-likeness (QED) is 0.339. The summed E-state index contributed by atoms with van der Waals surface area (Å²) in [6.45, 7) is 10.6. The zero-order valence-corrected chi connectivity index (χ0v) is 23.4. The number of para-hydroxylation sites is 1. The molecule has 2 aromatic heterocycles. The van der Waals surface area contributed by atoms with Crippen LogP contribution in [0, 0.1) is 25.7 Å². The number of hydrogen-bond donors (Lipinski definition) is 0. The Hall–Kier alpha value is -2.36. The van der Waals surface area contributed by atoms with Gasteiger partial charge in [0.25, 0.3) is 0 Å². The van der Waals surface area contributed by atoms with Crippen molar-refractivity contribution < 1.29 is 4.42 Å². The molecule has 1 aromatic carbocycles. The molecule has 4 rings (SSSR count). The molecular formula is C31H49N3O. The van der Waals surface area contributed by atoms with Crippen molar-refractivity contribution in [3.05, 3.63) is 53.7 Å². The topological polar surface area (TPSA) is 42.2 Å². The number of nitrogens with zero attached hydrogens (tertiary/aromatic N) is 3. The van der Waals surface area contributed by atoms with E-state index in [-0.39, 0.29) is 0 Å². The van der Waals surface area contributed by atoms with E-state index in [4.69, 9.17) is 4.42 Å². The molecule has 1 saturated carbocycles. The summed E-state index contributed by atoms with van der Waals surface area (Å²) in [5.41, 5.74) is 1.00. The van der Waals surface area contributed by atoms with Crippen LogP contribution in [0.3, 0.4) is 0 Å². The maximum absolute atomic E-state index is 5.23. The zero-order chi connectivity index (χ0) is 25.6. The average molecular weight is 480 g/mol. The molecule has 4 heteroatoms. The first-order chi connectivity index (χ1) is 16.9. The van der Waals surface area contributed by atoms with Crippen LogP contribution < -0.4 is 4.90 Å². The fraction of sp³-hybridized carbons (Fsp3) is 0.613. The molecule has 1 aliphatic carbocycles. The molecule has 1 fully saturated rings. The summed E-state index contributed by atoms with van der Waals surface area (Å²) < 4.78 is 5.23. The summed E-state index contributed by atoms with van der Waals surface area (Å²) in [5.74, 6) is 6.04. The van der Waals surface area contributed by atoms with Gasteiger partial charge in [0.1, 0.15) is 23.2 Å². The van der Waals surface area contributed by atoms with E-state index in [1.165, 1.54) is 57.8 Å². The number of aromatic nitrogens is 2. The molecule has 4 nitrogen and oxygen atoms in total. The van der Waals surface area contributed by atoms with Crippen molar-refractivity contribution in [3.63, 3.8) is 0 Å². The van der Waals surface area contributed by atoms with Gasteiger partial charge in [-0.15, -0.1) is 0 Å². The third-order valence-electron chi connectivity index (χ3n) is 6.89. The number of aryl methyl sites for hydroxylation is 3. The van der Waals surface area contributed by atoms with Crippen LogP contribution in [0.2, 0.25) is 0 Å². The minimum atomic E-state index is 0.812. The standard InChI is InChI=1S/C13H26.C11H13N3.C7H10O/c1-3-5-7-13-10-8-12(6-4-2)9-11-13;1-8-12-10-7-5-4-6-9(10)11(13-8)14(2)3;1-3-7-5-4-6(2)8-7/h12-13H,3-11H2,1-2H3;4-7H,1-3H3;4-5H,3H2,1-2H3. The molecule has 0 spiro atoms. The molecule has 0 aliphatic heterocycles. The van der Waals surface area contributed by atoms with E-state index in [0.29, 0.717) is 0 Å². The summed E-state index contributed by atoms with van der Waals surface area (Å²) in [5, 5.41) is 1.10. The molecule has 3 aromatic rings. The lowest BCUT2D eigenvalue weighted by Crippen LogP contribution is -2.14. The van der Waals surface area contributed by atoms with Gasteiger partial charge >= 0.3 is 0 Å². The van der Waals surface area contributed by atoms with E-state index in [1.807, 2.05) is 69.2 Å². The summed E-state index contributed by atoms with van der Waals surface area (Å²) in [6, 6.07) is 12.1. The van der Waals surface area contributed by atoms with Gasteiger partial charge in [0.15, 0.2) is 0 Å². The predicted molar refractivity (Wildman–Crippen MR) is 151 cm³/mol. The molecule has 0 radical (unpaired) electrons. The molecule has 0 atom stereocenters. The number of fused-ring (bicyclic) bond motifs is 1. The van der Waals surface area contributed by atoms with Crippen molar-refractivity contribution in [1.29, 1.82) is 0 Å². The number of hydrogen-bond acceptors (Lipinski definition) is 4. The predicted octanol–water partition coefficient (Wildman–Crippen LogP) is 8.94. The van der Waals surface area contributed by atoms with Crippen LogP contribution >= 0.6 is 0 Å². The Labute approximate surface area is 214 Å². The van der Waals surface area contributed by atoms with E-state index in [1.54, 1.807) is 0 Å². The van der Waals surface area contributed by atoms with E-state index in [2.05, 4.69) is 30.7 Å². The van der Waals surface area contributed by atoms with Gasteiger partial charge in [0.05, 0.1) is 5.52 Å². The highest BCUT2D eigenvalue weighted by molar-refractivity contribution is 5.89. The van der Waals surface area contributed by atoms with Gasteiger partial charge in [-0.1, -0.05) is 90.7 Å². The maximum atomic E-state index is 5.23. The smallest absolute Gasteiger partial charge is 0.139 e. The van der Waals surface area contributed by atoms with Crippen LogP contribution in [0.25, 0.3) is 10.9 Å². The monoisotopic (exact) mass is 479 g/mol. The Bertz CT molecular complexity index is 970. The highest BCUT2D eigenvalue weighted by Gasteiger charge is 2.19. The molecule has 0 amide bonds. The Morgan fingerprint density at radius 2 is 1.49 bits per heavy atom. The highest BCUT2D eigenvalue weighted by Crippen LogP contribution is 2.33. The van der Waals surface area contributed by atoms with Crippen LogP contribution in [-0.4, -0.2) is 24.1 Å². The molecule has 35 heavy (non-hydrogen) atoms. The minimum absolute atomic E-state index is 0.812. The lowest BCUT2D eigenvalue weighted by atomic mass is 9.78. The van der Waals surface area contributed by atoms with Crippen molar-refractivity contribution in [2.24, 2.45) is 11.8 Å². The van der Waals surface area contributed by atoms with Gasteiger partial charge in [0.2, 0.25) is 0 Å². The maximum Gasteiger partial charge on any atom is 0.139 e. The molecule has 2 heterocycles. The van der Waals surface area contributed by atoms with Crippen LogP contribution in [0.1, 0.15) is 95.9 Å². The number of furan rings is 1. The first kappa shape index (κ1) is 28.9. The molecule has 1 aliphatic rings. The van der Waals surface area contributed by atoms with Crippen LogP contribution in [0.5, 0.6) is 0 Å². The summed E-state index contributed by atoms with van der Waals surface area (Å²) in [7, 11) is 3.99. The van der Waals surface area contributed by atoms with Crippen molar-refractivity contribution in [3.8, 4) is 0 Å². The molecule has 0 N–H and O–H groups in total. The van der Waals surface area contributed by atoms with E-state index in [0.717, 1.165) is 52.3 Å². The SMILES string of the molecule is CCCCC1CCC(CCC)CC1.CCc1ccc(C)o1.Cc1nc(N(C)C)c2ccccc2n1. The lowest BCUT2D eigenvalue weighted by Gasteiger charge is -2.28. The van der Waals surface area contributed by atoms with Crippen molar-refractivity contribution in [2.45, 2.75) is 98.8 Å². The van der Waals surface area contributed by atoms with Gasteiger partial charge in [0, 0.05) is 25.9 Å². The second-order valence-electron chi connectivity index (χ2n) is 10.2. The fourth-order valence-corrected chi connectivity index (χ4v) is 4.90. The van der Waals surface area contributed by atoms with Gasteiger partial charge in [-0.05, 0) is 49.9 Å². The Morgan fingerprint density at radius 1 is 0.829 bits per heavy atom. The van der Waals surface area contributed by atoms with Crippen LogP contribution in [0.4, 0.5) is 5.82 Å². The minimum Gasteiger partial charge on any atom is -0.466 e. The van der Waals surface area contributed by atoms with Gasteiger partial charge in [-0.2, -0.15) is 0 Å². The molecule has 194 valence electrons. The second kappa shape index (κ2) is 15.6. The second-order valence-corrected chi connectivity index (χ2v) is 10.2. The lowest BCUT2D eigenvalue weighted by molar-refractivity contribution is 0.248. The third-order valence-corrected chi connectivity index (χ3v) is 6.89. The molecule has 0 saturated heterocycles. The van der Waals surface area contributed by atoms with E-state index < -0.39 is 0 Å². The number of unbranched alkanes of at least 4 members (excludes halogenated alkanes) is 1. The highest BCUT2D eigenvalue weighted by atomic mass is 16.3. The average Bonchev–Trinajstić information content (AvgIpc) is 3.29. The normalized spacial score (nSPS) is 17.2. The number of benzene rings is 1. The molecule has 0 bridgehead atoms. The zero-order valence-electron chi connectivity index (χ0n) is 23.4. The van der Waals surface area contributed by atoms with Crippen molar-refractivity contribution in [1.82, 2.24) is 9.97 Å². The third kappa shape index (κ3) is 10.0. The molecule has 0 unspecified atom stereocenters. The number of rotatable bonds is 7. The first-order valence-corrected chi connectivity index (χ1v) is 13.8. The molecular weight excluding hydrogens is 430 g/mol. The van der Waals surface area contributed by atoms with Crippen LogP contribution in [0.15, 0.2) is 40.8 Å². The van der Waals surface area contributed by atoms with E-state index in [9.17, 15) is 0 Å². The van der Waals surface area contributed by atoms with Crippen molar-refractivity contribution in [2.75, 3.05) is 19.0 Å². The first-order valence-electron chi connectivity index (χ1n) is 13.8. The Morgan fingerprint density at radius 3 is 2.00 bits per heavy atom. The summed E-state index contributed by atoms with van der Waals surface area (Å²) in [6.07, 6.45) is 14.4. The van der Waals surface area contributed by atoms with Gasteiger partial charge in [-0.3, -0.25) is 0 Å². The Balaban J connectivity index is 0.000000192. The fourth-order valence-electron chi connectivity index (χ4n) is 4.90. The van der Waals surface area contributed by atoms with Crippen molar-refractivity contribution >= 4 is 16.7 Å². The Kier molecular flexibility index (Phi) is 12.9. The summed E-state index contributed by atoms with van der Waals surface area (Å²) >= 11 is 0. The number of anilines is 1. The van der Waals surface area contributed by atoms with E-state index >= 15 is 0 Å². The van der Waals surface area contributed by atoms with Crippen LogP contribution in [-0.2, 0) is 6.42 Å². The van der Waals surface area contributed by atoms with Gasteiger partial charge in [-0.25, -0.2) is 9.97 Å². The van der Waals surface area contributed by atoms with Gasteiger partial charge < -0.3 is 9.32 Å².